The highest BCUT2D eigenvalue weighted by Gasteiger charge is 2.12. The van der Waals surface area contributed by atoms with E-state index in [9.17, 15) is 22.8 Å². The zero-order valence-corrected chi connectivity index (χ0v) is 15.3. The number of hydrogen-bond acceptors (Lipinski definition) is 6. The summed E-state index contributed by atoms with van der Waals surface area (Å²) in [5.74, 6) is -1.63. The van der Waals surface area contributed by atoms with Crippen molar-refractivity contribution in [3.05, 3.63) is 65.7 Å². The lowest BCUT2D eigenvalue weighted by atomic mass is 10.1. The fraction of sp³-hybridized carbons (Fsp3) is 0.167. The van der Waals surface area contributed by atoms with Gasteiger partial charge in [0.15, 0.2) is 12.4 Å². The van der Waals surface area contributed by atoms with Gasteiger partial charge in [-0.15, -0.1) is 0 Å². The number of esters is 1. The topological polar surface area (TPSA) is 119 Å². The molecule has 0 heterocycles. The molecule has 0 spiro atoms. The third kappa shape index (κ3) is 6.90. The van der Waals surface area contributed by atoms with Gasteiger partial charge in [-0.2, -0.15) is 0 Å². The van der Waals surface area contributed by atoms with Crippen LogP contribution in [0.2, 0.25) is 0 Å². The van der Waals surface area contributed by atoms with Crippen LogP contribution in [0.15, 0.2) is 54.6 Å². The van der Waals surface area contributed by atoms with Crippen molar-refractivity contribution < 1.29 is 27.5 Å². The first kappa shape index (κ1) is 20.1. The zero-order chi connectivity index (χ0) is 19.9. The molecule has 0 saturated heterocycles. The van der Waals surface area contributed by atoms with Crippen LogP contribution in [0.25, 0.3) is 0 Å². The van der Waals surface area contributed by atoms with Crippen LogP contribution in [0.4, 0.5) is 5.69 Å². The van der Waals surface area contributed by atoms with Gasteiger partial charge in [-0.25, -0.2) is 8.42 Å². The van der Waals surface area contributed by atoms with Gasteiger partial charge in [-0.3, -0.25) is 19.1 Å². The second-order valence-electron chi connectivity index (χ2n) is 5.58. The maximum absolute atomic E-state index is 12.0. The largest absolute Gasteiger partial charge is 0.456 e. The average molecular weight is 390 g/mol. The summed E-state index contributed by atoms with van der Waals surface area (Å²) in [6, 6.07) is 14.1. The van der Waals surface area contributed by atoms with E-state index in [1.165, 1.54) is 24.3 Å². The molecule has 0 fully saturated rings. The van der Waals surface area contributed by atoms with Crippen molar-refractivity contribution in [1.82, 2.24) is 5.32 Å². The van der Waals surface area contributed by atoms with Crippen molar-refractivity contribution in [3.63, 3.8) is 0 Å². The minimum absolute atomic E-state index is 0.259. The molecular weight excluding hydrogens is 372 g/mol. The number of ether oxygens (including phenoxy) is 1. The smallest absolute Gasteiger partial charge is 0.325 e. The van der Waals surface area contributed by atoms with Crippen molar-refractivity contribution in [3.8, 4) is 0 Å². The number of hydrogen-bond donors (Lipinski definition) is 2. The van der Waals surface area contributed by atoms with Crippen molar-refractivity contribution in [2.45, 2.75) is 0 Å². The van der Waals surface area contributed by atoms with E-state index in [-0.39, 0.29) is 12.1 Å². The monoisotopic (exact) mass is 390 g/mol. The van der Waals surface area contributed by atoms with Crippen LogP contribution in [0.1, 0.15) is 20.7 Å². The molecule has 0 aromatic heterocycles. The molecule has 2 rings (SSSR count). The normalized spacial score (nSPS) is 10.7. The van der Waals surface area contributed by atoms with Crippen LogP contribution in [0.5, 0.6) is 0 Å². The number of benzene rings is 2. The fourth-order valence-corrected chi connectivity index (χ4v) is 2.63. The molecule has 0 aliphatic rings. The Hall–Kier alpha value is -3.20. The third-order valence-electron chi connectivity index (χ3n) is 3.30. The van der Waals surface area contributed by atoms with E-state index >= 15 is 0 Å². The minimum Gasteiger partial charge on any atom is -0.456 e. The summed E-state index contributed by atoms with van der Waals surface area (Å²) in [4.78, 5) is 35.5. The maximum Gasteiger partial charge on any atom is 0.325 e. The number of ketones is 1. The van der Waals surface area contributed by atoms with Gasteiger partial charge < -0.3 is 10.1 Å². The molecule has 0 saturated carbocycles. The molecule has 0 aliphatic carbocycles. The van der Waals surface area contributed by atoms with Gasteiger partial charge in [-0.05, 0) is 36.4 Å². The zero-order valence-electron chi connectivity index (χ0n) is 14.5. The van der Waals surface area contributed by atoms with Gasteiger partial charge in [0.1, 0.15) is 6.54 Å². The number of Topliss-reactive ketones (excluding diaryl/α,β-unsaturated/α-hetero) is 1. The van der Waals surface area contributed by atoms with Crippen LogP contribution in [-0.4, -0.2) is 45.5 Å². The van der Waals surface area contributed by atoms with E-state index < -0.39 is 34.3 Å². The molecule has 1 amide bonds. The molecule has 2 aromatic rings. The molecule has 0 radical (unpaired) electrons. The van der Waals surface area contributed by atoms with Crippen LogP contribution < -0.4 is 10.0 Å². The van der Waals surface area contributed by atoms with E-state index in [4.69, 9.17) is 4.74 Å². The molecular formula is C18H18N2O6S. The first-order chi connectivity index (χ1) is 12.7. The molecule has 9 heteroatoms. The Balaban J connectivity index is 1.79. The second kappa shape index (κ2) is 8.95. The lowest BCUT2D eigenvalue weighted by molar-refractivity contribution is -0.141. The summed E-state index contributed by atoms with van der Waals surface area (Å²) < 4.78 is 29.4. The molecule has 0 atom stereocenters. The fourth-order valence-electron chi connectivity index (χ4n) is 2.06. The molecule has 27 heavy (non-hydrogen) atoms. The molecule has 8 nitrogen and oxygen atoms in total. The molecule has 2 aromatic carbocycles. The Morgan fingerprint density at radius 2 is 1.56 bits per heavy atom. The van der Waals surface area contributed by atoms with Crippen LogP contribution in [0.3, 0.4) is 0 Å². The van der Waals surface area contributed by atoms with E-state index in [1.807, 2.05) is 0 Å². The summed E-state index contributed by atoms with van der Waals surface area (Å²) in [7, 11) is -3.40. The minimum atomic E-state index is -3.40. The summed E-state index contributed by atoms with van der Waals surface area (Å²) >= 11 is 0. The Morgan fingerprint density at radius 3 is 2.15 bits per heavy atom. The molecule has 142 valence electrons. The molecule has 0 aliphatic heterocycles. The highest BCUT2D eigenvalue weighted by atomic mass is 32.2. The quantitative estimate of drug-likeness (QED) is 0.517. The van der Waals surface area contributed by atoms with Crippen molar-refractivity contribution in [2.24, 2.45) is 0 Å². The lowest BCUT2D eigenvalue weighted by Gasteiger charge is -2.07. The number of nitrogens with one attached hydrogen (secondary N) is 2. The number of anilines is 1. The molecule has 0 unspecified atom stereocenters. The second-order valence-corrected chi connectivity index (χ2v) is 7.33. The maximum atomic E-state index is 12.0. The number of sulfonamides is 1. The number of carbonyl (C=O) groups excluding carboxylic acids is 3. The van der Waals surface area contributed by atoms with Gasteiger partial charge in [0.2, 0.25) is 10.0 Å². The Bertz CT molecular complexity index is 924. The summed E-state index contributed by atoms with van der Waals surface area (Å²) in [6.07, 6.45) is 1.02. The van der Waals surface area contributed by atoms with Crippen LogP contribution >= 0.6 is 0 Å². The van der Waals surface area contributed by atoms with Crippen molar-refractivity contribution >= 4 is 33.4 Å². The molecule has 0 bridgehead atoms. The predicted octanol–water partition coefficient (Wildman–Crippen LogP) is 1.21. The Labute approximate surface area is 156 Å². The third-order valence-corrected chi connectivity index (χ3v) is 3.91. The van der Waals surface area contributed by atoms with E-state index in [2.05, 4.69) is 10.0 Å². The van der Waals surface area contributed by atoms with E-state index in [1.54, 1.807) is 30.3 Å². The van der Waals surface area contributed by atoms with Crippen molar-refractivity contribution in [2.75, 3.05) is 24.1 Å². The van der Waals surface area contributed by atoms with E-state index in [0.29, 0.717) is 11.3 Å². The number of amides is 1. The SMILES string of the molecule is CS(=O)(=O)Nc1ccc(C(=O)COC(=O)CNC(=O)c2ccccc2)cc1. The predicted molar refractivity (Wildman–Crippen MR) is 99.0 cm³/mol. The Kier molecular flexibility index (Phi) is 6.67. The van der Waals surface area contributed by atoms with Gasteiger partial charge >= 0.3 is 5.97 Å². The first-order valence-electron chi connectivity index (χ1n) is 7.84. The summed E-state index contributed by atoms with van der Waals surface area (Å²) in [6.45, 7) is -0.850. The average Bonchev–Trinajstić information content (AvgIpc) is 2.64. The standard InChI is InChI=1S/C18H18N2O6S/c1-27(24,25)20-15-9-7-13(8-10-15)16(21)12-26-17(22)11-19-18(23)14-5-3-2-4-6-14/h2-10,20H,11-12H2,1H3,(H,19,23). The van der Waals surface area contributed by atoms with Crippen molar-refractivity contribution in [1.29, 1.82) is 0 Å². The highest BCUT2D eigenvalue weighted by molar-refractivity contribution is 7.92. The highest BCUT2D eigenvalue weighted by Crippen LogP contribution is 2.11. The van der Waals surface area contributed by atoms with Gasteiger partial charge in [0.25, 0.3) is 5.91 Å². The van der Waals surface area contributed by atoms with Gasteiger partial charge in [-0.1, -0.05) is 18.2 Å². The molecule has 2 N–H and O–H groups in total. The summed E-state index contributed by atoms with van der Waals surface area (Å²) in [5, 5.41) is 2.40. The Morgan fingerprint density at radius 1 is 0.926 bits per heavy atom. The number of rotatable bonds is 8. The van der Waals surface area contributed by atoms with E-state index in [0.717, 1.165) is 6.26 Å². The van der Waals surface area contributed by atoms with Crippen LogP contribution in [0, 0.1) is 0 Å². The lowest BCUT2D eigenvalue weighted by Crippen LogP contribution is -2.31. The number of carbonyl (C=O) groups is 3. The van der Waals surface area contributed by atoms with Gasteiger partial charge in [0.05, 0.1) is 6.26 Å². The van der Waals surface area contributed by atoms with Gasteiger partial charge in [0, 0.05) is 16.8 Å². The summed E-state index contributed by atoms with van der Waals surface area (Å²) in [5.41, 5.74) is 0.981. The van der Waals surface area contributed by atoms with Crippen LogP contribution in [-0.2, 0) is 19.6 Å². The first-order valence-corrected chi connectivity index (χ1v) is 9.74.